The SMILES string of the molecule is CC(N)C(=O)N1CCN(C(=O)CN2CCCC2)CC1. The highest BCUT2D eigenvalue weighted by molar-refractivity contribution is 5.82. The number of likely N-dealkylation sites (tertiary alicyclic amines) is 1. The number of carbonyl (C=O) groups is 2. The molecule has 2 rings (SSSR count). The van der Waals surface area contributed by atoms with Crippen LogP contribution in [-0.2, 0) is 9.59 Å². The van der Waals surface area contributed by atoms with Crippen LogP contribution in [0.4, 0.5) is 0 Å². The number of amides is 2. The second-order valence-corrected chi connectivity index (χ2v) is 5.48. The van der Waals surface area contributed by atoms with E-state index in [1.54, 1.807) is 11.8 Å². The Labute approximate surface area is 114 Å². The lowest BCUT2D eigenvalue weighted by Gasteiger charge is -2.36. The molecule has 0 aromatic heterocycles. The predicted molar refractivity (Wildman–Crippen MR) is 72.5 cm³/mol. The Hall–Kier alpha value is -1.14. The highest BCUT2D eigenvalue weighted by Crippen LogP contribution is 2.09. The van der Waals surface area contributed by atoms with Gasteiger partial charge in [0.25, 0.3) is 0 Å². The van der Waals surface area contributed by atoms with E-state index in [4.69, 9.17) is 5.73 Å². The van der Waals surface area contributed by atoms with Gasteiger partial charge in [-0.15, -0.1) is 0 Å². The van der Waals surface area contributed by atoms with Crippen LogP contribution >= 0.6 is 0 Å². The van der Waals surface area contributed by atoms with Gasteiger partial charge in [-0.3, -0.25) is 14.5 Å². The van der Waals surface area contributed by atoms with Crippen LogP contribution in [0.5, 0.6) is 0 Å². The maximum absolute atomic E-state index is 12.1. The summed E-state index contributed by atoms with van der Waals surface area (Å²) in [5.74, 6) is 0.168. The zero-order valence-corrected chi connectivity index (χ0v) is 11.7. The molecule has 2 amide bonds. The Kier molecular flexibility index (Phi) is 4.76. The average Bonchev–Trinajstić information content (AvgIpc) is 2.90. The van der Waals surface area contributed by atoms with Crippen LogP contribution in [-0.4, -0.2) is 78.4 Å². The van der Waals surface area contributed by atoms with Crippen molar-refractivity contribution in [2.75, 3.05) is 45.8 Å². The topological polar surface area (TPSA) is 69.9 Å². The lowest BCUT2D eigenvalue weighted by molar-refractivity contribution is -0.140. The van der Waals surface area contributed by atoms with Crippen LogP contribution < -0.4 is 5.73 Å². The third-order valence-electron chi connectivity index (χ3n) is 3.89. The Morgan fingerprint density at radius 3 is 2.05 bits per heavy atom. The molecular formula is C13H24N4O2. The highest BCUT2D eigenvalue weighted by atomic mass is 16.2. The van der Waals surface area contributed by atoms with Gasteiger partial charge in [0.15, 0.2) is 0 Å². The number of carbonyl (C=O) groups excluding carboxylic acids is 2. The van der Waals surface area contributed by atoms with E-state index in [2.05, 4.69) is 4.90 Å². The minimum atomic E-state index is -0.452. The van der Waals surface area contributed by atoms with Crippen molar-refractivity contribution in [2.45, 2.75) is 25.8 Å². The molecule has 6 nitrogen and oxygen atoms in total. The van der Waals surface area contributed by atoms with Gasteiger partial charge < -0.3 is 15.5 Å². The fraction of sp³-hybridized carbons (Fsp3) is 0.846. The monoisotopic (exact) mass is 268 g/mol. The molecule has 2 fully saturated rings. The van der Waals surface area contributed by atoms with E-state index in [0.717, 1.165) is 13.1 Å². The molecule has 2 N–H and O–H groups in total. The molecule has 6 heteroatoms. The largest absolute Gasteiger partial charge is 0.338 e. The molecule has 0 bridgehead atoms. The first-order chi connectivity index (χ1) is 9.08. The zero-order chi connectivity index (χ0) is 13.8. The van der Waals surface area contributed by atoms with Crippen molar-refractivity contribution in [1.82, 2.24) is 14.7 Å². The molecule has 0 spiro atoms. The number of nitrogens with zero attached hydrogens (tertiary/aromatic N) is 3. The van der Waals surface area contributed by atoms with Crippen molar-refractivity contribution in [1.29, 1.82) is 0 Å². The first-order valence-electron chi connectivity index (χ1n) is 7.12. The molecule has 2 heterocycles. The summed E-state index contributed by atoms with van der Waals surface area (Å²) in [5.41, 5.74) is 5.59. The molecule has 1 unspecified atom stereocenters. The molecule has 108 valence electrons. The number of piperazine rings is 1. The predicted octanol–water partition coefficient (Wildman–Crippen LogP) is -0.900. The van der Waals surface area contributed by atoms with Gasteiger partial charge >= 0.3 is 0 Å². The van der Waals surface area contributed by atoms with Gasteiger partial charge in [-0.05, 0) is 32.9 Å². The third kappa shape index (κ3) is 3.67. The number of hydrogen-bond donors (Lipinski definition) is 1. The molecule has 2 aliphatic rings. The first-order valence-corrected chi connectivity index (χ1v) is 7.12. The molecule has 0 radical (unpaired) electrons. The normalized spacial score (nSPS) is 22.6. The summed E-state index contributed by atoms with van der Waals surface area (Å²) in [4.78, 5) is 29.7. The quantitative estimate of drug-likeness (QED) is 0.720. The Balaban J connectivity index is 1.76. The van der Waals surface area contributed by atoms with E-state index in [1.807, 2.05) is 4.90 Å². The van der Waals surface area contributed by atoms with E-state index < -0.39 is 6.04 Å². The van der Waals surface area contributed by atoms with Crippen molar-refractivity contribution >= 4 is 11.8 Å². The van der Waals surface area contributed by atoms with Crippen molar-refractivity contribution < 1.29 is 9.59 Å². The van der Waals surface area contributed by atoms with Crippen molar-refractivity contribution in [3.8, 4) is 0 Å². The number of rotatable bonds is 3. The highest BCUT2D eigenvalue weighted by Gasteiger charge is 2.26. The zero-order valence-electron chi connectivity index (χ0n) is 11.7. The summed E-state index contributed by atoms with van der Waals surface area (Å²) in [6, 6.07) is -0.452. The summed E-state index contributed by atoms with van der Waals surface area (Å²) in [6.45, 7) is 6.77. The molecular weight excluding hydrogens is 244 g/mol. The Bertz CT molecular complexity index is 332. The molecule has 2 saturated heterocycles. The smallest absolute Gasteiger partial charge is 0.239 e. The standard InChI is InChI=1S/C13H24N4O2/c1-11(14)13(19)17-8-6-16(7-9-17)12(18)10-15-4-2-3-5-15/h11H,2-10,14H2,1H3. The molecule has 0 saturated carbocycles. The average molecular weight is 268 g/mol. The second kappa shape index (κ2) is 6.34. The van der Waals surface area contributed by atoms with Crippen LogP contribution in [0.2, 0.25) is 0 Å². The van der Waals surface area contributed by atoms with Crippen molar-refractivity contribution in [3.63, 3.8) is 0 Å². The van der Waals surface area contributed by atoms with Crippen LogP contribution in [0.3, 0.4) is 0 Å². The lowest BCUT2D eigenvalue weighted by Crippen LogP contribution is -2.55. The first kappa shape index (κ1) is 14.3. The van der Waals surface area contributed by atoms with Gasteiger partial charge in [0.2, 0.25) is 11.8 Å². The van der Waals surface area contributed by atoms with Gasteiger partial charge in [0, 0.05) is 26.2 Å². The van der Waals surface area contributed by atoms with Gasteiger partial charge in [-0.25, -0.2) is 0 Å². The van der Waals surface area contributed by atoms with Gasteiger partial charge in [0.05, 0.1) is 12.6 Å². The van der Waals surface area contributed by atoms with Crippen LogP contribution in [0.15, 0.2) is 0 Å². The lowest BCUT2D eigenvalue weighted by atomic mass is 10.2. The van der Waals surface area contributed by atoms with Gasteiger partial charge in [-0.2, -0.15) is 0 Å². The van der Waals surface area contributed by atoms with Crippen molar-refractivity contribution in [2.24, 2.45) is 5.73 Å². The molecule has 0 aromatic rings. The Morgan fingerprint density at radius 2 is 1.53 bits per heavy atom. The summed E-state index contributed by atoms with van der Waals surface area (Å²) in [7, 11) is 0. The minimum Gasteiger partial charge on any atom is -0.338 e. The van der Waals surface area contributed by atoms with E-state index in [9.17, 15) is 9.59 Å². The molecule has 2 aliphatic heterocycles. The maximum Gasteiger partial charge on any atom is 0.239 e. The molecule has 0 aliphatic carbocycles. The van der Waals surface area contributed by atoms with E-state index in [0.29, 0.717) is 32.7 Å². The summed E-state index contributed by atoms with van der Waals surface area (Å²) in [5, 5.41) is 0. The van der Waals surface area contributed by atoms with Crippen molar-refractivity contribution in [3.05, 3.63) is 0 Å². The van der Waals surface area contributed by atoms with E-state index in [1.165, 1.54) is 12.8 Å². The van der Waals surface area contributed by atoms with E-state index in [-0.39, 0.29) is 11.8 Å². The van der Waals surface area contributed by atoms with E-state index >= 15 is 0 Å². The molecule has 19 heavy (non-hydrogen) atoms. The summed E-state index contributed by atoms with van der Waals surface area (Å²) in [6.07, 6.45) is 2.40. The molecule has 1 atom stereocenters. The minimum absolute atomic E-state index is 0.0216. The van der Waals surface area contributed by atoms with Crippen LogP contribution in [0.25, 0.3) is 0 Å². The number of hydrogen-bond acceptors (Lipinski definition) is 4. The maximum atomic E-state index is 12.1. The van der Waals surface area contributed by atoms with Gasteiger partial charge in [0.1, 0.15) is 0 Å². The Morgan fingerprint density at radius 1 is 1.00 bits per heavy atom. The summed E-state index contributed by atoms with van der Waals surface area (Å²) < 4.78 is 0. The van der Waals surface area contributed by atoms with Crippen LogP contribution in [0, 0.1) is 0 Å². The van der Waals surface area contributed by atoms with Gasteiger partial charge in [-0.1, -0.05) is 0 Å². The third-order valence-corrected chi connectivity index (χ3v) is 3.89. The second-order valence-electron chi connectivity index (χ2n) is 5.48. The summed E-state index contributed by atoms with van der Waals surface area (Å²) >= 11 is 0. The fourth-order valence-electron chi connectivity index (χ4n) is 2.70. The fourth-order valence-corrected chi connectivity index (χ4v) is 2.70. The number of nitrogens with two attached hydrogens (primary N) is 1. The van der Waals surface area contributed by atoms with Crippen LogP contribution in [0.1, 0.15) is 19.8 Å². The molecule has 0 aromatic carbocycles.